The molecular weight excluding hydrogens is 413 g/mol. The van der Waals surface area contributed by atoms with Gasteiger partial charge >= 0.3 is 6.36 Å². The van der Waals surface area contributed by atoms with Gasteiger partial charge in [0.15, 0.2) is 0 Å². The third-order valence-electron chi connectivity index (χ3n) is 3.80. The molecule has 6 nitrogen and oxygen atoms in total. The molecule has 0 bridgehead atoms. The Kier molecular flexibility index (Phi) is 7.58. The van der Waals surface area contributed by atoms with E-state index in [1.807, 2.05) is 0 Å². The lowest BCUT2D eigenvalue weighted by atomic mass is 10.2. The molecule has 0 unspecified atom stereocenters. The van der Waals surface area contributed by atoms with Crippen LogP contribution < -0.4 is 19.5 Å². The molecular formula is C19H20ClF3N2O4. The second kappa shape index (κ2) is 9.71. The molecule has 0 atom stereocenters. The summed E-state index contributed by atoms with van der Waals surface area (Å²) in [5.74, 6) is -0.00849. The van der Waals surface area contributed by atoms with E-state index in [4.69, 9.17) is 21.1 Å². The van der Waals surface area contributed by atoms with Gasteiger partial charge in [0.2, 0.25) is 5.91 Å². The fourth-order valence-corrected chi connectivity index (χ4v) is 2.83. The minimum absolute atomic E-state index is 0.0702. The summed E-state index contributed by atoms with van der Waals surface area (Å²) in [5.41, 5.74) is 0.652. The second-order valence-electron chi connectivity index (χ2n) is 6.06. The Bertz CT molecular complexity index is 862. The van der Waals surface area contributed by atoms with Crippen molar-refractivity contribution in [2.24, 2.45) is 0 Å². The highest BCUT2D eigenvalue weighted by atomic mass is 35.5. The van der Waals surface area contributed by atoms with Crippen molar-refractivity contribution in [2.75, 3.05) is 33.1 Å². The highest BCUT2D eigenvalue weighted by Crippen LogP contribution is 2.35. The van der Waals surface area contributed by atoms with Gasteiger partial charge in [-0.05, 0) is 13.1 Å². The van der Waals surface area contributed by atoms with Crippen molar-refractivity contribution in [1.29, 1.82) is 0 Å². The number of rotatable bonds is 8. The number of ether oxygens (including phenoxy) is 3. The lowest BCUT2D eigenvalue weighted by Gasteiger charge is -2.20. The van der Waals surface area contributed by atoms with Gasteiger partial charge in [-0.15, -0.1) is 13.2 Å². The maximum atomic E-state index is 12.5. The molecule has 10 heteroatoms. The predicted molar refractivity (Wildman–Crippen MR) is 103 cm³/mol. The van der Waals surface area contributed by atoms with Gasteiger partial charge in [0.25, 0.3) is 0 Å². The fraction of sp³-hybridized carbons (Fsp3) is 0.316. The number of anilines is 1. The largest absolute Gasteiger partial charge is 0.573 e. The lowest BCUT2D eigenvalue weighted by molar-refractivity contribution is -0.275. The molecule has 158 valence electrons. The van der Waals surface area contributed by atoms with Gasteiger partial charge in [-0.25, -0.2) is 0 Å². The van der Waals surface area contributed by atoms with E-state index in [1.54, 1.807) is 18.0 Å². The number of hydrogen-bond donors (Lipinski definition) is 1. The standard InChI is InChI=1S/C19H20ClF3N2O4/c1-25(10-12-6-4-5-7-15(12)29-19(21,22)23)11-18(26)24-14-9-16(27-2)13(20)8-17(14)28-3/h4-9H,10-11H2,1-3H3,(H,24,26). The summed E-state index contributed by atoms with van der Waals surface area (Å²) in [4.78, 5) is 13.9. The number of amides is 1. The molecule has 1 amide bonds. The van der Waals surface area contributed by atoms with Crippen LogP contribution in [-0.2, 0) is 11.3 Å². The Morgan fingerprint density at radius 1 is 1.10 bits per heavy atom. The van der Waals surface area contributed by atoms with Crippen LogP contribution in [0.2, 0.25) is 5.02 Å². The summed E-state index contributed by atoms with van der Waals surface area (Å²) in [6, 6.07) is 8.79. The minimum atomic E-state index is -4.80. The first-order chi connectivity index (χ1) is 13.6. The summed E-state index contributed by atoms with van der Waals surface area (Å²) >= 11 is 6.03. The molecule has 1 N–H and O–H groups in total. The fourth-order valence-electron chi connectivity index (χ4n) is 2.60. The second-order valence-corrected chi connectivity index (χ2v) is 6.47. The highest BCUT2D eigenvalue weighted by Gasteiger charge is 2.32. The monoisotopic (exact) mass is 432 g/mol. The van der Waals surface area contributed by atoms with E-state index in [1.165, 1.54) is 44.6 Å². The number of para-hydroxylation sites is 1. The number of nitrogens with zero attached hydrogens (tertiary/aromatic N) is 1. The van der Waals surface area contributed by atoms with Gasteiger partial charge in [0.05, 0.1) is 31.5 Å². The zero-order valence-corrected chi connectivity index (χ0v) is 16.7. The van der Waals surface area contributed by atoms with E-state index >= 15 is 0 Å². The zero-order valence-electron chi connectivity index (χ0n) is 16.0. The Labute approximate surface area is 171 Å². The molecule has 0 saturated carbocycles. The van der Waals surface area contributed by atoms with E-state index in [-0.39, 0.29) is 18.8 Å². The molecule has 0 aliphatic heterocycles. The Hall–Kier alpha value is -2.65. The van der Waals surface area contributed by atoms with Crippen molar-refractivity contribution >= 4 is 23.2 Å². The van der Waals surface area contributed by atoms with Crippen LogP contribution in [0.25, 0.3) is 0 Å². The van der Waals surface area contributed by atoms with Crippen molar-refractivity contribution < 1.29 is 32.2 Å². The zero-order chi connectivity index (χ0) is 21.6. The van der Waals surface area contributed by atoms with Crippen LogP contribution in [-0.4, -0.2) is 45.0 Å². The molecule has 0 aliphatic rings. The Morgan fingerprint density at radius 3 is 2.38 bits per heavy atom. The number of carbonyl (C=O) groups is 1. The van der Waals surface area contributed by atoms with Crippen LogP contribution in [0.4, 0.5) is 18.9 Å². The lowest BCUT2D eigenvalue weighted by Crippen LogP contribution is -2.30. The quantitative estimate of drug-likeness (QED) is 0.673. The third kappa shape index (κ3) is 6.72. The first-order valence-corrected chi connectivity index (χ1v) is 8.74. The van der Waals surface area contributed by atoms with Crippen LogP contribution >= 0.6 is 11.6 Å². The summed E-state index contributed by atoms with van der Waals surface area (Å²) in [6.07, 6.45) is -4.80. The number of methoxy groups -OCH3 is 2. The van der Waals surface area contributed by atoms with Crippen molar-refractivity contribution in [3.05, 3.63) is 47.0 Å². The number of nitrogens with one attached hydrogen (secondary N) is 1. The number of likely N-dealkylation sites (N-methyl/N-ethyl adjacent to an activating group) is 1. The Morgan fingerprint density at radius 2 is 1.76 bits per heavy atom. The number of carbonyl (C=O) groups excluding carboxylic acids is 1. The molecule has 0 fully saturated rings. The van der Waals surface area contributed by atoms with Gasteiger partial charge in [0, 0.05) is 24.2 Å². The number of hydrogen-bond acceptors (Lipinski definition) is 5. The normalized spacial score (nSPS) is 11.3. The van der Waals surface area contributed by atoms with Gasteiger partial charge in [-0.3, -0.25) is 9.69 Å². The van der Waals surface area contributed by atoms with Crippen molar-refractivity contribution in [3.8, 4) is 17.2 Å². The average Bonchev–Trinajstić information content (AvgIpc) is 2.63. The Balaban J connectivity index is 2.06. The van der Waals surface area contributed by atoms with Crippen molar-refractivity contribution in [2.45, 2.75) is 12.9 Å². The molecule has 0 saturated heterocycles. The topological polar surface area (TPSA) is 60.0 Å². The molecule has 29 heavy (non-hydrogen) atoms. The van der Waals surface area contributed by atoms with Crippen LogP contribution in [0.3, 0.4) is 0 Å². The molecule has 0 spiro atoms. The van der Waals surface area contributed by atoms with E-state index < -0.39 is 12.3 Å². The van der Waals surface area contributed by atoms with Gasteiger partial charge in [0.1, 0.15) is 17.2 Å². The van der Waals surface area contributed by atoms with E-state index in [0.717, 1.165) is 0 Å². The highest BCUT2D eigenvalue weighted by molar-refractivity contribution is 6.32. The summed E-state index contributed by atoms with van der Waals surface area (Å²) in [5, 5.41) is 3.00. The molecule has 2 aromatic carbocycles. The molecule has 0 aromatic heterocycles. The SMILES string of the molecule is COc1cc(NC(=O)CN(C)Cc2ccccc2OC(F)(F)F)c(OC)cc1Cl. The van der Waals surface area contributed by atoms with Crippen LogP contribution in [0.1, 0.15) is 5.56 Å². The van der Waals surface area contributed by atoms with Crippen LogP contribution in [0.5, 0.6) is 17.2 Å². The predicted octanol–water partition coefficient (Wildman–Crippen LogP) is 4.33. The van der Waals surface area contributed by atoms with Gasteiger partial charge < -0.3 is 19.5 Å². The smallest absolute Gasteiger partial charge is 0.495 e. The maximum absolute atomic E-state index is 12.5. The van der Waals surface area contributed by atoms with Crippen LogP contribution in [0.15, 0.2) is 36.4 Å². The van der Waals surface area contributed by atoms with E-state index in [9.17, 15) is 18.0 Å². The first kappa shape index (κ1) is 22.6. The molecule has 0 aliphatic carbocycles. The molecule has 2 rings (SSSR count). The number of benzene rings is 2. The van der Waals surface area contributed by atoms with Gasteiger partial charge in [-0.2, -0.15) is 0 Å². The van der Waals surface area contributed by atoms with E-state index in [0.29, 0.717) is 27.8 Å². The van der Waals surface area contributed by atoms with Gasteiger partial charge in [-0.1, -0.05) is 29.8 Å². The number of halogens is 4. The van der Waals surface area contributed by atoms with E-state index in [2.05, 4.69) is 10.1 Å². The average molecular weight is 433 g/mol. The van der Waals surface area contributed by atoms with Crippen molar-refractivity contribution in [1.82, 2.24) is 4.90 Å². The minimum Gasteiger partial charge on any atom is -0.495 e. The molecule has 0 radical (unpaired) electrons. The van der Waals surface area contributed by atoms with Crippen LogP contribution in [0, 0.1) is 0 Å². The van der Waals surface area contributed by atoms with Crippen molar-refractivity contribution in [3.63, 3.8) is 0 Å². The summed E-state index contributed by atoms with van der Waals surface area (Å²) < 4.78 is 52.0. The number of alkyl halides is 3. The summed E-state index contributed by atoms with van der Waals surface area (Å²) in [7, 11) is 4.47. The maximum Gasteiger partial charge on any atom is 0.573 e. The molecule has 2 aromatic rings. The first-order valence-electron chi connectivity index (χ1n) is 8.36. The third-order valence-corrected chi connectivity index (χ3v) is 4.10. The molecule has 0 heterocycles. The summed E-state index contributed by atoms with van der Waals surface area (Å²) in [6.45, 7) is -0.0187.